The molecular weight excluding hydrogens is 92.4 g/mol. The second-order valence-electron chi connectivity index (χ2n) is 0.408. The van der Waals surface area contributed by atoms with E-state index in [1.54, 1.807) is 0 Å². The van der Waals surface area contributed by atoms with Crippen LogP contribution in [-0.4, -0.2) is 33.3 Å². The van der Waals surface area contributed by atoms with Crippen molar-refractivity contribution < 1.29 is 5.48 Å². The molecule has 0 saturated carbocycles. The Balaban J connectivity index is -0.0000000200. The van der Waals surface area contributed by atoms with Gasteiger partial charge in [-0.25, -0.2) is 0 Å². The standard InChI is InChI=1S/C2H6Si.Mg.O/c1-2-3;;/h2H,1H2,3H3;;/q;+2;-2. The molecule has 0 spiro atoms. The Bertz CT molecular complexity index is 17.1. The third-order valence-electron chi connectivity index (χ3n) is 0. The summed E-state index contributed by atoms with van der Waals surface area (Å²) in [5.74, 6) is 0. The Morgan fingerprint density at radius 3 is 1.60 bits per heavy atom. The summed E-state index contributed by atoms with van der Waals surface area (Å²) in [7, 11) is 1.13. The Kier molecular flexibility index (Phi) is 77.7. The fourth-order valence-electron chi connectivity index (χ4n) is 0. The van der Waals surface area contributed by atoms with Crippen LogP contribution in [-0.2, 0) is 5.48 Å². The van der Waals surface area contributed by atoms with Gasteiger partial charge in [-0.15, -0.1) is 12.3 Å². The first-order valence-corrected chi connectivity index (χ1v) is 2.14. The van der Waals surface area contributed by atoms with E-state index >= 15 is 0 Å². The summed E-state index contributed by atoms with van der Waals surface area (Å²) >= 11 is 0. The van der Waals surface area contributed by atoms with Gasteiger partial charge >= 0.3 is 23.1 Å². The van der Waals surface area contributed by atoms with Crippen molar-refractivity contribution in [3.63, 3.8) is 0 Å². The van der Waals surface area contributed by atoms with E-state index in [0.717, 1.165) is 10.2 Å². The van der Waals surface area contributed by atoms with Gasteiger partial charge in [0.1, 0.15) is 0 Å². The van der Waals surface area contributed by atoms with Crippen LogP contribution in [0.3, 0.4) is 0 Å². The van der Waals surface area contributed by atoms with Gasteiger partial charge in [-0.2, -0.15) is 0 Å². The smallest absolute Gasteiger partial charge is 2.00 e. The minimum absolute atomic E-state index is 0. The SMILES string of the molecule is C=C[SiH3].[Mg+2].[O-2]. The summed E-state index contributed by atoms with van der Waals surface area (Å²) in [5.41, 5.74) is 1.89. The zero-order chi connectivity index (χ0) is 2.71. The second kappa shape index (κ2) is 22.4. The maximum Gasteiger partial charge on any atom is 2.00 e. The van der Waals surface area contributed by atoms with E-state index in [1.807, 2.05) is 5.70 Å². The van der Waals surface area contributed by atoms with Crippen LogP contribution < -0.4 is 0 Å². The summed E-state index contributed by atoms with van der Waals surface area (Å²) in [6.45, 7) is 3.42. The topological polar surface area (TPSA) is 28.5 Å². The van der Waals surface area contributed by atoms with Gasteiger partial charge in [-0.3, -0.25) is 0 Å². The van der Waals surface area contributed by atoms with E-state index in [2.05, 4.69) is 6.58 Å². The fraction of sp³-hybridized carbons (Fsp3) is 0. The summed E-state index contributed by atoms with van der Waals surface area (Å²) < 4.78 is 0. The van der Waals surface area contributed by atoms with Gasteiger partial charge in [0, 0.05) is 10.2 Å². The molecule has 0 heterocycles. The predicted octanol–water partition coefficient (Wildman–Crippen LogP) is -1.00. The number of hydrogen-bond acceptors (Lipinski definition) is 0. The van der Waals surface area contributed by atoms with Gasteiger partial charge in [0.2, 0.25) is 0 Å². The molecule has 0 rings (SSSR count). The summed E-state index contributed by atoms with van der Waals surface area (Å²) in [5, 5.41) is 0. The molecule has 0 aliphatic carbocycles. The van der Waals surface area contributed by atoms with Gasteiger partial charge < -0.3 is 5.48 Å². The van der Waals surface area contributed by atoms with Gasteiger partial charge in [-0.05, 0) is 0 Å². The average molecular weight is 98.5 g/mol. The zero-order valence-electron chi connectivity index (χ0n) is 3.40. The Labute approximate surface area is 51.3 Å². The molecule has 0 fully saturated rings. The predicted molar refractivity (Wildman–Crippen MR) is 26.6 cm³/mol. The third kappa shape index (κ3) is 72.2. The van der Waals surface area contributed by atoms with E-state index in [4.69, 9.17) is 0 Å². The minimum atomic E-state index is 0. The zero-order valence-corrected chi connectivity index (χ0v) is 6.81. The summed E-state index contributed by atoms with van der Waals surface area (Å²) in [6.07, 6.45) is 0. The maximum atomic E-state index is 3.42. The monoisotopic (exact) mass is 98.0 g/mol. The van der Waals surface area contributed by atoms with Gasteiger partial charge in [0.15, 0.2) is 0 Å². The molecule has 5 heavy (non-hydrogen) atoms. The van der Waals surface area contributed by atoms with Crippen molar-refractivity contribution in [1.82, 2.24) is 0 Å². The minimum Gasteiger partial charge on any atom is -2.00 e. The first-order valence-electron chi connectivity index (χ1n) is 0.986. The van der Waals surface area contributed by atoms with Crippen LogP contribution in [0.25, 0.3) is 0 Å². The molecule has 0 aromatic heterocycles. The van der Waals surface area contributed by atoms with E-state index in [9.17, 15) is 0 Å². The van der Waals surface area contributed by atoms with Gasteiger partial charge in [-0.1, -0.05) is 0 Å². The van der Waals surface area contributed by atoms with Crippen molar-refractivity contribution >= 4 is 33.3 Å². The molecule has 0 aromatic carbocycles. The molecule has 0 N–H and O–H groups in total. The van der Waals surface area contributed by atoms with E-state index < -0.39 is 0 Å². The van der Waals surface area contributed by atoms with Crippen LogP contribution in [0.2, 0.25) is 0 Å². The fourth-order valence-corrected chi connectivity index (χ4v) is 0. The molecule has 26 valence electrons. The normalized spacial score (nSPS) is 3.20. The average Bonchev–Trinajstić information content (AvgIpc) is 0.918. The van der Waals surface area contributed by atoms with Crippen molar-refractivity contribution in [3.05, 3.63) is 12.3 Å². The Morgan fingerprint density at radius 2 is 1.60 bits per heavy atom. The molecule has 0 saturated heterocycles. The number of rotatable bonds is 0. The third-order valence-corrected chi connectivity index (χ3v) is 0. The summed E-state index contributed by atoms with van der Waals surface area (Å²) in [6, 6.07) is 0. The van der Waals surface area contributed by atoms with Crippen molar-refractivity contribution in [1.29, 1.82) is 0 Å². The Hall–Kier alpha value is 0.683. The molecule has 0 aromatic rings. The number of hydrogen-bond donors (Lipinski definition) is 0. The van der Waals surface area contributed by atoms with Gasteiger partial charge in [0.05, 0.1) is 0 Å². The first kappa shape index (κ1) is 17.3. The molecule has 3 heteroatoms. The van der Waals surface area contributed by atoms with E-state index in [1.165, 1.54) is 0 Å². The molecular formula is C2H6MgOSi. The van der Waals surface area contributed by atoms with E-state index in [0.29, 0.717) is 0 Å². The van der Waals surface area contributed by atoms with Crippen LogP contribution >= 0.6 is 0 Å². The van der Waals surface area contributed by atoms with Crippen LogP contribution in [0.4, 0.5) is 0 Å². The largest absolute Gasteiger partial charge is 2.00 e. The molecule has 0 bridgehead atoms. The molecule has 0 aliphatic heterocycles. The van der Waals surface area contributed by atoms with Crippen molar-refractivity contribution in [2.75, 3.05) is 0 Å². The molecule has 0 atom stereocenters. The molecule has 0 radical (unpaired) electrons. The molecule has 0 amide bonds. The molecule has 0 aliphatic rings. The quantitative estimate of drug-likeness (QED) is 0.348. The van der Waals surface area contributed by atoms with Crippen molar-refractivity contribution in [3.8, 4) is 0 Å². The van der Waals surface area contributed by atoms with Gasteiger partial charge in [0.25, 0.3) is 0 Å². The van der Waals surface area contributed by atoms with Crippen molar-refractivity contribution in [2.45, 2.75) is 0 Å². The molecule has 1 nitrogen and oxygen atoms in total. The maximum absolute atomic E-state index is 3.42. The Morgan fingerprint density at radius 1 is 1.60 bits per heavy atom. The van der Waals surface area contributed by atoms with Crippen LogP contribution in [0.1, 0.15) is 0 Å². The van der Waals surface area contributed by atoms with E-state index in [-0.39, 0.29) is 28.5 Å². The van der Waals surface area contributed by atoms with Crippen molar-refractivity contribution in [2.24, 2.45) is 0 Å². The van der Waals surface area contributed by atoms with Crippen LogP contribution in [0, 0.1) is 0 Å². The molecule has 0 unspecified atom stereocenters. The first-order chi connectivity index (χ1) is 1.41. The summed E-state index contributed by atoms with van der Waals surface area (Å²) in [4.78, 5) is 0. The van der Waals surface area contributed by atoms with Crippen LogP contribution in [0.5, 0.6) is 0 Å². The second-order valence-corrected chi connectivity index (χ2v) is 1.22. The van der Waals surface area contributed by atoms with Crippen LogP contribution in [0.15, 0.2) is 12.3 Å².